The normalized spacial score (nSPS) is 10.0. The van der Waals surface area contributed by atoms with E-state index in [4.69, 9.17) is 12.2 Å². The first kappa shape index (κ1) is 11.9. The lowest BCUT2D eigenvalue weighted by Crippen LogP contribution is -2.37. The van der Waals surface area contributed by atoms with E-state index in [1.54, 1.807) is 0 Å². The zero-order valence-electron chi connectivity index (χ0n) is 9.16. The fraction of sp³-hybridized carbons (Fsp3) is 0.667. The van der Waals surface area contributed by atoms with Crippen LogP contribution in [0.1, 0.15) is 25.6 Å². The molecule has 0 aliphatic rings. The van der Waals surface area contributed by atoms with Gasteiger partial charge in [0.25, 0.3) is 0 Å². The maximum atomic E-state index is 5.22. The average molecular weight is 227 g/mol. The zero-order valence-corrected chi connectivity index (χ0v) is 9.97. The molecule has 1 heterocycles. The van der Waals surface area contributed by atoms with Gasteiger partial charge in [0.2, 0.25) is 0 Å². The van der Waals surface area contributed by atoms with Gasteiger partial charge in [0, 0.05) is 13.6 Å². The summed E-state index contributed by atoms with van der Waals surface area (Å²) < 4.78 is 0. The van der Waals surface area contributed by atoms with Gasteiger partial charge in [-0.25, -0.2) is 4.98 Å². The summed E-state index contributed by atoms with van der Waals surface area (Å²) in [7, 11) is 1.93. The molecule has 0 saturated heterocycles. The number of thiocarbonyl (C=S) groups is 1. The Kier molecular flexibility index (Phi) is 5.03. The van der Waals surface area contributed by atoms with Crippen molar-refractivity contribution in [2.45, 2.75) is 26.3 Å². The first-order valence-electron chi connectivity index (χ1n) is 5.07. The van der Waals surface area contributed by atoms with Crippen molar-refractivity contribution >= 4 is 17.3 Å². The molecule has 0 spiro atoms. The molecule has 5 nitrogen and oxygen atoms in total. The molecule has 0 radical (unpaired) electrons. The molecule has 0 atom stereocenters. The Morgan fingerprint density at radius 2 is 2.47 bits per heavy atom. The molecule has 0 aromatic carbocycles. The minimum Gasteiger partial charge on any atom is -0.363 e. The van der Waals surface area contributed by atoms with E-state index in [9.17, 15) is 0 Å². The summed E-state index contributed by atoms with van der Waals surface area (Å²) in [5.41, 5.74) is 0. The molecule has 6 heteroatoms. The van der Waals surface area contributed by atoms with Crippen molar-refractivity contribution in [3.05, 3.63) is 12.2 Å². The Morgan fingerprint density at radius 1 is 1.67 bits per heavy atom. The number of aromatic amines is 1. The Labute approximate surface area is 95.3 Å². The van der Waals surface area contributed by atoms with E-state index in [2.05, 4.69) is 27.4 Å². The van der Waals surface area contributed by atoms with E-state index in [1.165, 1.54) is 12.7 Å². The van der Waals surface area contributed by atoms with Gasteiger partial charge in [-0.05, 0) is 18.6 Å². The van der Waals surface area contributed by atoms with E-state index in [-0.39, 0.29) is 0 Å². The maximum absolute atomic E-state index is 5.22. The molecular formula is C9H17N5S. The van der Waals surface area contributed by atoms with Crippen molar-refractivity contribution in [1.29, 1.82) is 0 Å². The van der Waals surface area contributed by atoms with Crippen LogP contribution in [0.4, 0.5) is 0 Å². The molecule has 1 rings (SSSR count). The van der Waals surface area contributed by atoms with Gasteiger partial charge in [-0.1, -0.05) is 13.3 Å². The van der Waals surface area contributed by atoms with Crippen molar-refractivity contribution < 1.29 is 0 Å². The molecule has 0 fully saturated rings. The highest BCUT2D eigenvalue weighted by atomic mass is 32.1. The summed E-state index contributed by atoms with van der Waals surface area (Å²) in [6.07, 6.45) is 3.80. The lowest BCUT2D eigenvalue weighted by molar-refractivity contribution is 0.472. The largest absolute Gasteiger partial charge is 0.363 e. The van der Waals surface area contributed by atoms with Crippen LogP contribution in [-0.2, 0) is 6.54 Å². The molecule has 0 aliphatic carbocycles. The second kappa shape index (κ2) is 6.34. The first-order valence-corrected chi connectivity index (χ1v) is 5.48. The Balaban J connectivity index is 2.27. The zero-order chi connectivity index (χ0) is 11.1. The third-order valence-corrected chi connectivity index (χ3v) is 2.46. The van der Waals surface area contributed by atoms with Crippen molar-refractivity contribution in [2.75, 3.05) is 13.6 Å². The van der Waals surface area contributed by atoms with Gasteiger partial charge in [-0.15, -0.1) is 0 Å². The monoisotopic (exact) mass is 227 g/mol. The molecule has 15 heavy (non-hydrogen) atoms. The predicted molar refractivity (Wildman–Crippen MR) is 63.4 cm³/mol. The number of aromatic nitrogens is 3. The van der Waals surface area contributed by atoms with Crippen molar-refractivity contribution in [2.24, 2.45) is 0 Å². The van der Waals surface area contributed by atoms with E-state index in [1.807, 2.05) is 11.9 Å². The quantitative estimate of drug-likeness (QED) is 0.578. The third-order valence-electron chi connectivity index (χ3n) is 2.01. The van der Waals surface area contributed by atoms with E-state index < -0.39 is 0 Å². The van der Waals surface area contributed by atoms with Gasteiger partial charge in [0.05, 0.1) is 6.54 Å². The smallest absolute Gasteiger partial charge is 0.169 e. The number of hydrogen-bond donors (Lipinski definition) is 2. The molecule has 1 aromatic heterocycles. The van der Waals surface area contributed by atoms with Crippen LogP contribution in [0.2, 0.25) is 0 Å². The molecule has 1 aromatic rings. The Bertz CT molecular complexity index is 285. The number of nitrogens with one attached hydrogen (secondary N) is 2. The maximum Gasteiger partial charge on any atom is 0.169 e. The second-order valence-corrected chi connectivity index (χ2v) is 3.76. The molecule has 0 bridgehead atoms. The third kappa shape index (κ3) is 4.24. The second-order valence-electron chi connectivity index (χ2n) is 3.37. The lowest BCUT2D eigenvalue weighted by Gasteiger charge is -2.19. The van der Waals surface area contributed by atoms with Crippen LogP contribution in [0.5, 0.6) is 0 Å². The summed E-state index contributed by atoms with van der Waals surface area (Å²) in [5, 5.41) is 10.5. The molecule has 0 saturated carbocycles. The van der Waals surface area contributed by atoms with E-state index in [0.29, 0.717) is 6.54 Å². The molecule has 2 N–H and O–H groups in total. The summed E-state index contributed by atoms with van der Waals surface area (Å²) in [6.45, 7) is 3.73. The predicted octanol–water partition coefficient (Wildman–Crippen LogP) is 0.911. The minimum absolute atomic E-state index is 0.651. The average Bonchev–Trinajstić information content (AvgIpc) is 2.70. The Hall–Kier alpha value is -1.17. The number of unbranched alkanes of at least 4 members (excludes halogenated alkanes) is 1. The number of rotatable bonds is 5. The van der Waals surface area contributed by atoms with Crippen LogP contribution in [0.3, 0.4) is 0 Å². The van der Waals surface area contributed by atoms with E-state index >= 15 is 0 Å². The fourth-order valence-electron chi connectivity index (χ4n) is 1.11. The molecule has 84 valence electrons. The first-order chi connectivity index (χ1) is 7.24. The van der Waals surface area contributed by atoms with Crippen LogP contribution in [-0.4, -0.2) is 38.8 Å². The number of hydrogen-bond acceptors (Lipinski definition) is 3. The molecule has 0 amide bonds. The van der Waals surface area contributed by atoms with Gasteiger partial charge in [-0.3, -0.25) is 5.10 Å². The lowest BCUT2D eigenvalue weighted by atomic mass is 10.3. The summed E-state index contributed by atoms with van der Waals surface area (Å²) in [4.78, 5) is 5.98. The highest BCUT2D eigenvalue weighted by Gasteiger charge is 2.05. The van der Waals surface area contributed by atoms with Gasteiger partial charge < -0.3 is 10.2 Å². The molecular weight excluding hydrogens is 210 g/mol. The van der Waals surface area contributed by atoms with Crippen LogP contribution in [0, 0.1) is 0 Å². The molecule has 0 unspecified atom stereocenters. The minimum atomic E-state index is 0.651. The van der Waals surface area contributed by atoms with Gasteiger partial charge in [0.15, 0.2) is 5.11 Å². The van der Waals surface area contributed by atoms with Crippen LogP contribution < -0.4 is 5.32 Å². The summed E-state index contributed by atoms with van der Waals surface area (Å²) in [6, 6.07) is 0. The standard InChI is InChI=1S/C9H17N5S/c1-3-4-5-10-9(15)14(2)6-8-11-7-12-13-8/h7H,3-6H2,1-2H3,(H,10,15)(H,11,12,13). The SMILES string of the molecule is CCCCNC(=S)N(C)Cc1ncn[nH]1. The Morgan fingerprint density at radius 3 is 3.07 bits per heavy atom. The van der Waals surface area contributed by atoms with E-state index in [0.717, 1.165) is 23.9 Å². The van der Waals surface area contributed by atoms with Gasteiger partial charge >= 0.3 is 0 Å². The van der Waals surface area contributed by atoms with Crippen molar-refractivity contribution in [3.63, 3.8) is 0 Å². The fourth-order valence-corrected chi connectivity index (χ4v) is 1.28. The van der Waals surface area contributed by atoms with Crippen LogP contribution in [0.15, 0.2) is 6.33 Å². The number of H-pyrrole nitrogens is 1. The summed E-state index contributed by atoms with van der Waals surface area (Å²) in [5.74, 6) is 0.817. The van der Waals surface area contributed by atoms with Crippen molar-refractivity contribution in [3.8, 4) is 0 Å². The topological polar surface area (TPSA) is 56.8 Å². The number of nitrogens with zero attached hydrogens (tertiary/aromatic N) is 3. The van der Waals surface area contributed by atoms with Crippen molar-refractivity contribution in [1.82, 2.24) is 25.4 Å². The van der Waals surface area contributed by atoms with Gasteiger partial charge in [0.1, 0.15) is 12.2 Å². The molecule has 0 aliphatic heterocycles. The summed E-state index contributed by atoms with van der Waals surface area (Å²) >= 11 is 5.22. The van der Waals surface area contributed by atoms with Crippen LogP contribution in [0.25, 0.3) is 0 Å². The van der Waals surface area contributed by atoms with Gasteiger partial charge in [-0.2, -0.15) is 5.10 Å². The van der Waals surface area contributed by atoms with Crippen LogP contribution >= 0.6 is 12.2 Å². The highest BCUT2D eigenvalue weighted by Crippen LogP contribution is 1.95. The highest BCUT2D eigenvalue weighted by molar-refractivity contribution is 7.80.